The standard InChI is InChI=1S/C15H32S/c1-7-11-14(5,9-3)13-16-15(6,10-4)12-8-2/h7-13H2,1-6H3. The summed E-state index contributed by atoms with van der Waals surface area (Å²) in [7, 11) is 0. The molecule has 0 heterocycles. The average molecular weight is 244 g/mol. The second-order valence-electron chi connectivity index (χ2n) is 5.76. The van der Waals surface area contributed by atoms with Gasteiger partial charge in [0, 0.05) is 4.75 Å². The van der Waals surface area contributed by atoms with Crippen LogP contribution in [0.5, 0.6) is 0 Å². The Bertz CT molecular complexity index is 158. The Kier molecular flexibility index (Phi) is 7.80. The fourth-order valence-corrected chi connectivity index (χ4v) is 3.78. The first-order chi connectivity index (χ1) is 7.45. The molecule has 0 fully saturated rings. The molecule has 0 amide bonds. The highest BCUT2D eigenvalue weighted by molar-refractivity contribution is 8.00. The highest BCUT2D eigenvalue weighted by Crippen LogP contribution is 2.40. The van der Waals surface area contributed by atoms with Gasteiger partial charge in [0.1, 0.15) is 0 Å². The van der Waals surface area contributed by atoms with Gasteiger partial charge in [-0.3, -0.25) is 0 Å². The minimum absolute atomic E-state index is 0.513. The van der Waals surface area contributed by atoms with E-state index in [1.165, 1.54) is 44.3 Å². The van der Waals surface area contributed by atoms with Crippen molar-refractivity contribution in [1.29, 1.82) is 0 Å². The molecule has 98 valence electrons. The van der Waals surface area contributed by atoms with Gasteiger partial charge in [-0.1, -0.05) is 54.4 Å². The predicted molar refractivity (Wildman–Crippen MR) is 79.4 cm³/mol. The topological polar surface area (TPSA) is 0 Å². The van der Waals surface area contributed by atoms with E-state index in [0.29, 0.717) is 10.2 Å². The normalized spacial score (nSPS) is 19.1. The van der Waals surface area contributed by atoms with E-state index in [0.717, 1.165) is 0 Å². The quantitative estimate of drug-likeness (QED) is 0.486. The summed E-state index contributed by atoms with van der Waals surface area (Å²) in [6, 6.07) is 0. The predicted octanol–water partition coefficient (Wildman–Crippen LogP) is 5.90. The number of hydrogen-bond acceptors (Lipinski definition) is 1. The molecule has 16 heavy (non-hydrogen) atoms. The zero-order valence-corrected chi connectivity index (χ0v) is 13.2. The van der Waals surface area contributed by atoms with Gasteiger partial charge in [0.25, 0.3) is 0 Å². The molecule has 2 atom stereocenters. The average Bonchev–Trinajstić information content (AvgIpc) is 2.27. The van der Waals surface area contributed by atoms with Crippen LogP contribution in [0.2, 0.25) is 0 Å². The molecule has 0 rings (SSSR count). The van der Waals surface area contributed by atoms with Crippen molar-refractivity contribution in [3.8, 4) is 0 Å². The van der Waals surface area contributed by atoms with Crippen LogP contribution >= 0.6 is 11.8 Å². The molecular weight excluding hydrogens is 212 g/mol. The van der Waals surface area contributed by atoms with E-state index in [1.54, 1.807) is 0 Å². The third-order valence-electron chi connectivity index (χ3n) is 4.00. The summed E-state index contributed by atoms with van der Waals surface area (Å²) in [5.74, 6) is 1.34. The van der Waals surface area contributed by atoms with E-state index >= 15 is 0 Å². The number of hydrogen-bond donors (Lipinski definition) is 0. The fourth-order valence-electron chi connectivity index (χ4n) is 2.18. The second-order valence-corrected chi connectivity index (χ2v) is 7.32. The van der Waals surface area contributed by atoms with E-state index in [9.17, 15) is 0 Å². The summed E-state index contributed by atoms with van der Waals surface area (Å²) in [4.78, 5) is 0. The zero-order valence-electron chi connectivity index (χ0n) is 12.4. The van der Waals surface area contributed by atoms with Gasteiger partial charge in [-0.2, -0.15) is 11.8 Å². The highest BCUT2D eigenvalue weighted by Gasteiger charge is 2.27. The molecule has 2 unspecified atom stereocenters. The van der Waals surface area contributed by atoms with Gasteiger partial charge >= 0.3 is 0 Å². The van der Waals surface area contributed by atoms with Crippen molar-refractivity contribution in [1.82, 2.24) is 0 Å². The van der Waals surface area contributed by atoms with Crippen LogP contribution in [-0.2, 0) is 0 Å². The summed E-state index contributed by atoms with van der Waals surface area (Å²) < 4.78 is 0.513. The van der Waals surface area contributed by atoms with Gasteiger partial charge < -0.3 is 0 Å². The number of rotatable bonds is 9. The van der Waals surface area contributed by atoms with E-state index in [1.807, 2.05) is 0 Å². The molecule has 0 aromatic rings. The van der Waals surface area contributed by atoms with Crippen molar-refractivity contribution in [3.63, 3.8) is 0 Å². The maximum absolute atomic E-state index is 2.46. The largest absolute Gasteiger partial charge is 0.155 e. The molecule has 0 bridgehead atoms. The molecule has 0 saturated carbocycles. The van der Waals surface area contributed by atoms with Crippen LogP contribution < -0.4 is 0 Å². The first-order valence-electron chi connectivity index (χ1n) is 7.09. The molecule has 0 spiro atoms. The molecule has 0 aliphatic rings. The smallest absolute Gasteiger partial charge is 0.0129 e. The Morgan fingerprint density at radius 2 is 1.38 bits per heavy atom. The first-order valence-corrected chi connectivity index (χ1v) is 8.07. The Hall–Kier alpha value is 0.350. The number of thioether (sulfide) groups is 1. The zero-order chi connectivity index (χ0) is 12.7. The molecular formula is C15H32S. The van der Waals surface area contributed by atoms with Crippen LogP contribution in [0.15, 0.2) is 0 Å². The van der Waals surface area contributed by atoms with Crippen LogP contribution in [-0.4, -0.2) is 10.5 Å². The van der Waals surface area contributed by atoms with Crippen LogP contribution in [0.1, 0.15) is 80.1 Å². The van der Waals surface area contributed by atoms with Gasteiger partial charge in [0.05, 0.1) is 0 Å². The molecule has 0 radical (unpaired) electrons. The molecule has 0 aliphatic heterocycles. The molecule has 0 nitrogen and oxygen atoms in total. The lowest BCUT2D eigenvalue weighted by Gasteiger charge is -2.34. The van der Waals surface area contributed by atoms with Crippen LogP contribution in [0.25, 0.3) is 0 Å². The second kappa shape index (κ2) is 7.63. The van der Waals surface area contributed by atoms with Crippen molar-refractivity contribution in [2.45, 2.75) is 84.8 Å². The van der Waals surface area contributed by atoms with Crippen molar-refractivity contribution in [2.75, 3.05) is 5.75 Å². The molecule has 0 aliphatic carbocycles. The van der Waals surface area contributed by atoms with Crippen molar-refractivity contribution in [3.05, 3.63) is 0 Å². The summed E-state index contributed by atoms with van der Waals surface area (Å²) in [6.07, 6.45) is 8.00. The minimum atomic E-state index is 0.513. The van der Waals surface area contributed by atoms with E-state index < -0.39 is 0 Å². The first kappa shape index (κ1) is 16.4. The van der Waals surface area contributed by atoms with Gasteiger partial charge in [-0.05, 0) is 36.9 Å². The van der Waals surface area contributed by atoms with Crippen molar-refractivity contribution < 1.29 is 0 Å². The van der Waals surface area contributed by atoms with E-state index in [-0.39, 0.29) is 0 Å². The van der Waals surface area contributed by atoms with Crippen LogP contribution in [0, 0.1) is 5.41 Å². The molecule has 0 N–H and O–H groups in total. The summed E-state index contributed by atoms with van der Waals surface area (Å²) in [6.45, 7) is 14.2. The SMILES string of the molecule is CCCC(C)(CC)CSC(C)(CC)CCC. The lowest BCUT2D eigenvalue weighted by Crippen LogP contribution is -2.25. The molecule has 0 aromatic heterocycles. The Balaban J connectivity index is 4.26. The lowest BCUT2D eigenvalue weighted by atomic mass is 9.85. The highest BCUT2D eigenvalue weighted by atomic mass is 32.2. The van der Waals surface area contributed by atoms with Gasteiger partial charge in [0.15, 0.2) is 0 Å². The molecule has 0 aromatic carbocycles. The fraction of sp³-hybridized carbons (Fsp3) is 1.00. The third kappa shape index (κ3) is 5.61. The monoisotopic (exact) mass is 244 g/mol. The molecule has 0 saturated heterocycles. The van der Waals surface area contributed by atoms with Crippen LogP contribution in [0.4, 0.5) is 0 Å². The maximum atomic E-state index is 2.46. The van der Waals surface area contributed by atoms with Gasteiger partial charge in [0.2, 0.25) is 0 Å². The summed E-state index contributed by atoms with van der Waals surface area (Å²) in [5, 5.41) is 0. The summed E-state index contributed by atoms with van der Waals surface area (Å²) >= 11 is 2.22. The molecule has 1 heteroatoms. The Morgan fingerprint density at radius 1 is 0.812 bits per heavy atom. The maximum Gasteiger partial charge on any atom is 0.0129 e. The van der Waals surface area contributed by atoms with Crippen molar-refractivity contribution in [2.24, 2.45) is 5.41 Å². The Labute approximate surface area is 108 Å². The van der Waals surface area contributed by atoms with Crippen molar-refractivity contribution >= 4 is 11.8 Å². The van der Waals surface area contributed by atoms with Crippen LogP contribution in [0.3, 0.4) is 0 Å². The summed E-state index contributed by atoms with van der Waals surface area (Å²) in [5.41, 5.74) is 0.559. The Morgan fingerprint density at radius 3 is 1.75 bits per heavy atom. The van der Waals surface area contributed by atoms with E-state index in [4.69, 9.17) is 0 Å². The third-order valence-corrected chi connectivity index (χ3v) is 6.03. The van der Waals surface area contributed by atoms with Gasteiger partial charge in [-0.25, -0.2) is 0 Å². The van der Waals surface area contributed by atoms with Gasteiger partial charge in [-0.15, -0.1) is 0 Å². The van der Waals surface area contributed by atoms with E-state index in [2.05, 4.69) is 53.3 Å². The minimum Gasteiger partial charge on any atom is -0.155 e. The lowest BCUT2D eigenvalue weighted by molar-refractivity contribution is 0.325.